The van der Waals surface area contributed by atoms with Crippen LogP contribution in [0.25, 0.3) is 0 Å². The van der Waals surface area contributed by atoms with Crippen molar-refractivity contribution in [2.75, 3.05) is 27.7 Å². The zero-order chi connectivity index (χ0) is 9.14. The first kappa shape index (κ1) is 10.0. The topological polar surface area (TPSA) is 6.48 Å². The van der Waals surface area contributed by atoms with Gasteiger partial charge >= 0.3 is 0 Å². The molecule has 1 atom stereocenters. The predicted molar refractivity (Wildman–Crippen MR) is 53.4 cm³/mol. The molecule has 0 heterocycles. The Morgan fingerprint density at radius 1 is 1.25 bits per heavy atom. The molecule has 1 saturated carbocycles. The Balaban J connectivity index is 2.31. The summed E-state index contributed by atoms with van der Waals surface area (Å²) < 4.78 is 0. The predicted octanol–water partition coefficient (Wildman–Crippen LogP) is 1.42. The summed E-state index contributed by atoms with van der Waals surface area (Å²) in [5.74, 6) is 0. The van der Waals surface area contributed by atoms with Crippen molar-refractivity contribution in [3.63, 3.8) is 0 Å². The second-order valence-corrected chi connectivity index (χ2v) is 4.22. The third-order valence-corrected chi connectivity index (χ3v) is 2.75. The fraction of sp³-hybridized carbons (Fsp3) is 1.00. The summed E-state index contributed by atoms with van der Waals surface area (Å²) in [6.45, 7) is 3.48. The number of nitrogens with zero attached hydrogens (tertiary/aromatic N) is 2. The van der Waals surface area contributed by atoms with E-state index in [1.54, 1.807) is 0 Å². The SMILES string of the molecule is CCC(CN(C)C)N(C)C1CC1. The van der Waals surface area contributed by atoms with Crippen molar-refractivity contribution < 1.29 is 0 Å². The van der Waals surface area contributed by atoms with Crippen LogP contribution < -0.4 is 0 Å². The van der Waals surface area contributed by atoms with Crippen molar-refractivity contribution in [3.8, 4) is 0 Å². The van der Waals surface area contributed by atoms with E-state index in [9.17, 15) is 0 Å². The Morgan fingerprint density at radius 2 is 1.83 bits per heavy atom. The molecule has 0 aliphatic heterocycles. The van der Waals surface area contributed by atoms with Crippen LogP contribution in [0.2, 0.25) is 0 Å². The average Bonchev–Trinajstić information content (AvgIpc) is 2.80. The highest BCUT2D eigenvalue weighted by Crippen LogP contribution is 2.27. The van der Waals surface area contributed by atoms with Crippen LogP contribution in [0.5, 0.6) is 0 Å². The maximum Gasteiger partial charge on any atom is 0.0220 e. The quantitative estimate of drug-likeness (QED) is 0.616. The molecule has 0 aromatic carbocycles. The highest BCUT2D eigenvalue weighted by Gasteiger charge is 2.30. The summed E-state index contributed by atoms with van der Waals surface area (Å²) in [7, 11) is 6.59. The summed E-state index contributed by atoms with van der Waals surface area (Å²) in [5.41, 5.74) is 0. The number of likely N-dealkylation sites (N-methyl/N-ethyl adjacent to an activating group) is 2. The van der Waals surface area contributed by atoms with Gasteiger partial charge < -0.3 is 4.90 Å². The zero-order valence-corrected chi connectivity index (χ0v) is 8.88. The molecule has 12 heavy (non-hydrogen) atoms. The molecule has 0 spiro atoms. The third-order valence-electron chi connectivity index (χ3n) is 2.75. The standard InChI is InChI=1S/C10H22N2/c1-5-9(8-11(2)3)12(4)10-6-7-10/h9-10H,5-8H2,1-4H3. The van der Waals surface area contributed by atoms with Crippen LogP contribution in [-0.2, 0) is 0 Å². The minimum atomic E-state index is 0.757. The Labute approximate surface area is 76.5 Å². The summed E-state index contributed by atoms with van der Waals surface area (Å²) in [6.07, 6.45) is 4.10. The highest BCUT2D eigenvalue weighted by molar-refractivity contribution is 4.86. The fourth-order valence-corrected chi connectivity index (χ4v) is 1.75. The first-order valence-electron chi connectivity index (χ1n) is 5.01. The largest absolute Gasteiger partial charge is 0.308 e. The zero-order valence-electron chi connectivity index (χ0n) is 8.88. The molecule has 1 rings (SSSR count). The second-order valence-electron chi connectivity index (χ2n) is 4.22. The molecule has 0 N–H and O–H groups in total. The lowest BCUT2D eigenvalue weighted by Gasteiger charge is -2.29. The maximum absolute atomic E-state index is 2.56. The smallest absolute Gasteiger partial charge is 0.0220 e. The molecule has 72 valence electrons. The normalized spacial score (nSPS) is 20.5. The van der Waals surface area contributed by atoms with Gasteiger partial charge in [0.2, 0.25) is 0 Å². The highest BCUT2D eigenvalue weighted by atomic mass is 15.2. The van der Waals surface area contributed by atoms with E-state index in [2.05, 4.69) is 37.9 Å². The molecule has 1 aliphatic carbocycles. The second kappa shape index (κ2) is 4.24. The fourth-order valence-electron chi connectivity index (χ4n) is 1.75. The molecule has 2 nitrogen and oxygen atoms in total. The van der Waals surface area contributed by atoms with Gasteiger partial charge in [-0.25, -0.2) is 0 Å². The molecule has 1 fully saturated rings. The van der Waals surface area contributed by atoms with Crippen LogP contribution in [0.15, 0.2) is 0 Å². The van der Waals surface area contributed by atoms with Gasteiger partial charge in [-0.3, -0.25) is 4.90 Å². The Kier molecular flexibility index (Phi) is 3.53. The number of rotatable bonds is 5. The van der Waals surface area contributed by atoms with E-state index in [1.165, 1.54) is 25.8 Å². The molecule has 0 bridgehead atoms. The number of hydrogen-bond acceptors (Lipinski definition) is 2. The summed E-state index contributed by atoms with van der Waals surface area (Å²) >= 11 is 0. The lowest BCUT2D eigenvalue weighted by Crippen LogP contribution is -2.40. The van der Waals surface area contributed by atoms with Crippen LogP contribution in [0, 0.1) is 0 Å². The van der Waals surface area contributed by atoms with Crippen molar-refractivity contribution >= 4 is 0 Å². The van der Waals surface area contributed by atoms with E-state index >= 15 is 0 Å². The Morgan fingerprint density at radius 3 is 2.17 bits per heavy atom. The molecule has 0 aromatic heterocycles. The Hall–Kier alpha value is -0.0800. The van der Waals surface area contributed by atoms with E-state index in [-0.39, 0.29) is 0 Å². The van der Waals surface area contributed by atoms with E-state index in [4.69, 9.17) is 0 Å². The molecule has 0 radical (unpaired) electrons. The average molecular weight is 170 g/mol. The van der Waals surface area contributed by atoms with Crippen molar-refractivity contribution in [1.29, 1.82) is 0 Å². The van der Waals surface area contributed by atoms with Crippen LogP contribution >= 0.6 is 0 Å². The van der Waals surface area contributed by atoms with Crippen LogP contribution in [0.4, 0.5) is 0 Å². The molecule has 0 aromatic rings. The van der Waals surface area contributed by atoms with Crippen LogP contribution in [0.3, 0.4) is 0 Å². The van der Waals surface area contributed by atoms with Crippen LogP contribution in [-0.4, -0.2) is 49.6 Å². The van der Waals surface area contributed by atoms with Gasteiger partial charge in [-0.15, -0.1) is 0 Å². The van der Waals surface area contributed by atoms with E-state index < -0.39 is 0 Å². The van der Waals surface area contributed by atoms with Crippen LogP contribution in [0.1, 0.15) is 26.2 Å². The summed E-state index contributed by atoms with van der Waals surface area (Å²) in [6, 6.07) is 1.65. The third kappa shape index (κ3) is 2.76. The minimum Gasteiger partial charge on any atom is -0.308 e. The lowest BCUT2D eigenvalue weighted by molar-refractivity contribution is 0.183. The van der Waals surface area contributed by atoms with Crippen molar-refractivity contribution in [2.24, 2.45) is 0 Å². The van der Waals surface area contributed by atoms with Gasteiger partial charge in [0.05, 0.1) is 0 Å². The summed E-state index contributed by atoms with van der Waals surface area (Å²) in [4.78, 5) is 4.84. The van der Waals surface area contributed by atoms with E-state index in [1.807, 2.05) is 0 Å². The van der Waals surface area contributed by atoms with Gasteiger partial charge in [-0.05, 0) is 40.4 Å². The number of hydrogen-bond donors (Lipinski definition) is 0. The molecule has 0 saturated heterocycles. The van der Waals surface area contributed by atoms with Crippen molar-refractivity contribution in [1.82, 2.24) is 9.80 Å². The van der Waals surface area contributed by atoms with Gasteiger partial charge in [-0.1, -0.05) is 6.92 Å². The molecular formula is C10H22N2. The first-order chi connectivity index (χ1) is 5.65. The lowest BCUT2D eigenvalue weighted by atomic mass is 10.2. The minimum absolute atomic E-state index is 0.757. The van der Waals surface area contributed by atoms with Gasteiger partial charge in [0, 0.05) is 18.6 Å². The molecule has 1 unspecified atom stereocenters. The van der Waals surface area contributed by atoms with E-state index in [0.717, 1.165) is 12.1 Å². The molecular weight excluding hydrogens is 148 g/mol. The monoisotopic (exact) mass is 170 g/mol. The van der Waals surface area contributed by atoms with Gasteiger partial charge in [0.25, 0.3) is 0 Å². The van der Waals surface area contributed by atoms with Gasteiger partial charge in [0.15, 0.2) is 0 Å². The van der Waals surface area contributed by atoms with Crippen molar-refractivity contribution in [2.45, 2.75) is 38.3 Å². The molecule has 2 heteroatoms. The van der Waals surface area contributed by atoms with Gasteiger partial charge in [0.1, 0.15) is 0 Å². The molecule has 0 amide bonds. The van der Waals surface area contributed by atoms with E-state index in [0.29, 0.717) is 0 Å². The maximum atomic E-state index is 2.56. The first-order valence-corrected chi connectivity index (χ1v) is 5.01. The Bertz CT molecular complexity index is 130. The molecule has 1 aliphatic rings. The summed E-state index contributed by atoms with van der Waals surface area (Å²) in [5, 5.41) is 0. The van der Waals surface area contributed by atoms with Gasteiger partial charge in [-0.2, -0.15) is 0 Å². The van der Waals surface area contributed by atoms with Crippen molar-refractivity contribution in [3.05, 3.63) is 0 Å².